The van der Waals surface area contributed by atoms with Gasteiger partial charge in [-0.1, -0.05) is 23.2 Å². The highest BCUT2D eigenvalue weighted by Crippen LogP contribution is 2.39. The number of barbiturate groups is 1. The molecule has 162 valence electrons. The number of hydrogen-bond donors (Lipinski definition) is 1. The lowest BCUT2D eigenvalue weighted by Gasteiger charge is -2.28. The van der Waals surface area contributed by atoms with Gasteiger partial charge in [-0.05, 0) is 31.2 Å². The summed E-state index contributed by atoms with van der Waals surface area (Å²) in [6.07, 6.45) is 1.31. The number of hydrogen-bond acceptors (Lipinski definition) is 6. The van der Waals surface area contributed by atoms with Crippen molar-refractivity contribution in [3.05, 3.63) is 51.5 Å². The van der Waals surface area contributed by atoms with Gasteiger partial charge in [-0.2, -0.15) is 0 Å². The van der Waals surface area contributed by atoms with Crippen molar-refractivity contribution in [2.75, 3.05) is 25.7 Å². The molecule has 10 heteroatoms. The summed E-state index contributed by atoms with van der Waals surface area (Å²) in [7, 11) is 2.75. The molecule has 0 radical (unpaired) electrons. The highest BCUT2D eigenvalue weighted by molar-refractivity contribution is 6.40. The summed E-state index contributed by atoms with van der Waals surface area (Å²) in [6, 6.07) is 6.63. The number of halogens is 2. The van der Waals surface area contributed by atoms with Crippen LogP contribution in [-0.2, 0) is 9.59 Å². The van der Waals surface area contributed by atoms with E-state index in [2.05, 4.69) is 5.32 Å². The fourth-order valence-corrected chi connectivity index (χ4v) is 3.38. The van der Waals surface area contributed by atoms with Crippen LogP contribution in [0, 0.1) is 0 Å². The Morgan fingerprint density at radius 2 is 1.71 bits per heavy atom. The van der Waals surface area contributed by atoms with Crippen molar-refractivity contribution in [1.29, 1.82) is 0 Å². The summed E-state index contributed by atoms with van der Waals surface area (Å²) < 4.78 is 16.0. The van der Waals surface area contributed by atoms with Crippen molar-refractivity contribution in [3.8, 4) is 17.2 Å². The van der Waals surface area contributed by atoms with E-state index in [1.165, 1.54) is 32.4 Å². The number of nitrogens with one attached hydrogen (secondary N) is 1. The van der Waals surface area contributed by atoms with Gasteiger partial charge >= 0.3 is 6.03 Å². The van der Waals surface area contributed by atoms with Crippen molar-refractivity contribution in [1.82, 2.24) is 5.32 Å². The quantitative estimate of drug-likeness (QED) is 0.511. The molecule has 8 nitrogen and oxygen atoms in total. The van der Waals surface area contributed by atoms with Gasteiger partial charge in [-0.3, -0.25) is 14.9 Å². The average molecular weight is 465 g/mol. The van der Waals surface area contributed by atoms with Gasteiger partial charge in [-0.25, -0.2) is 9.69 Å². The minimum atomic E-state index is -0.939. The second kappa shape index (κ2) is 9.28. The van der Waals surface area contributed by atoms with Gasteiger partial charge < -0.3 is 14.2 Å². The summed E-state index contributed by atoms with van der Waals surface area (Å²) in [5.74, 6) is -0.934. The van der Waals surface area contributed by atoms with Crippen LogP contribution >= 0.6 is 23.2 Å². The summed E-state index contributed by atoms with van der Waals surface area (Å²) in [4.78, 5) is 39.0. The smallest absolute Gasteiger partial charge is 0.336 e. The molecule has 0 unspecified atom stereocenters. The fourth-order valence-electron chi connectivity index (χ4n) is 2.97. The van der Waals surface area contributed by atoms with E-state index >= 15 is 0 Å². The van der Waals surface area contributed by atoms with Crippen LogP contribution in [0.1, 0.15) is 12.5 Å². The molecule has 1 saturated heterocycles. The molecule has 2 aromatic rings. The number of carbonyl (C=O) groups excluding carboxylic acids is 3. The molecule has 0 atom stereocenters. The highest BCUT2D eigenvalue weighted by atomic mass is 35.5. The van der Waals surface area contributed by atoms with E-state index in [0.717, 1.165) is 4.90 Å². The second-order valence-corrected chi connectivity index (χ2v) is 7.08. The van der Waals surface area contributed by atoms with E-state index < -0.39 is 17.8 Å². The SMILES string of the molecule is CCOc1ccc(Cl)cc1/C=C1\C(=O)NC(=O)N(c2cc(OC)c(Cl)cc2OC)C1=O. The molecule has 2 aromatic carbocycles. The number of nitrogens with zero attached hydrogens (tertiary/aromatic N) is 1. The zero-order valence-electron chi connectivity index (χ0n) is 16.8. The second-order valence-electron chi connectivity index (χ2n) is 6.23. The van der Waals surface area contributed by atoms with Gasteiger partial charge in [-0.15, -0.1) is 0 Å². The Balaban J connectivity index is 2.13. The first-order valence-corrected chi connectivity index (χ1v) is 9.81. The Labute approximate surface area is 188 Å². The summed E-state index contributed by atoms with van der Waals surface area (Å²) in [5, 5.41) is 2.76. The summed E-state index contributed by atoms with van der Waals surface area (Å²) >= 11 is 12.2. The average Bonchev–Trinajstić information content (AvgIpc) is 2.73. The number of ether oxygens (including phenoxy) is 3. The third-order valence-corrected chi connectivity index (χ3v) is 4.90. The number of benzene rings is 2. The predicted octanol–water partition coefficient (Wildman–Crippen LogP) is 4.08. The van der Waals surface area contributed by atoms with Gasteiger partial charge in [0.2, 0.25) is 0 Å². The summed E-state index contributed by atoms with van der Waals surface area (Å²) in [5.41, 5.74) is 0.169. The summed E-state index contributed by atoms with van der Waals surface area (Å²) in [6.45, 7) is 2.16. The van der Waals surface area contributed by atoms with Gasteiger partial charge in [0.25, 0.3) is 11.8 Å². The topological polar surface area (TPSA) is 94.2 Å². The zero-order chi connectivity index (χ0) is 22.7. The largest absolute Gasteiger partial charge is 0.495 e. The van der Waals surface area contributed by atoms with E-state index in [4.69, 9.17) is 37.4 Å². The molecule has 1 N–H and O–H groups in total. The number of amides is 4. The first-order valence-electron chi connectivity index (χ1n) is 9.06. The van der Waals surface area contributed by atoms with Crippen LogP contribution < -0.4 is 24.4 Å². The fraction of sp³-hybridized carbons (Fsp3) is 0.190. The molecule has 0 spiro atoms. The van der Waals surface area contributed by atoms with Gasteiger partial charge in [0.05, 0.1) is 31.5 Å². The molecule has 0 aliphatic carbocycles. The predicted molar refractivity (Wildman–Crippen MR) is 116 cm³/mol. The maximum Gasteiger partial charge on any atom is 0.336 e. The molecular formula is C21H18Cl2N2O6. The highest BCUT2D eigenvalue weighted by Gasteiger charge is 2.38. The molecule has 1 aliphatic heterocycles. The third-order valence-electron chi connectivity index (χ3n) is 4.37. The first kappa shape index (κ1) is 22.5. The van der Waals surface area contributed by atoms with Gasteiger partial charge in [0.15, 0.2) is 0 Å². The van der Waals surface area contributed by atoms with Crippen LogP contribution in [0.3, 0.4) is 0 Å². The third kappa shape index (κ3) is 4.45. The van der Waals surface area contributed by atoms with Crippen molar-refractivity contribution in [2.24, 2.45) is 0 Å². The van der Waals surface area contributed by atoms with Crippen LogP contribution in [0.15, 0.2) is 35.9 Å². The molecule has 0 aromatic heterocycles. The lowest BCUT2D eigenvalue weighted by molar-refractivity contribution is -0.122. The Morgan fingerprint density at radius 1 is 1.00 bits per heavy atom. The molecule has 1 aliphatic rings. The molecule has 0 saturated carbocycles. The van der Waals surface area contributed by atoms with Gasteiger partial charge in [0.1, 0.15) is 22.8 Å². The van der Waals surface area contributed by atoms with E-state index in [1.54, 1.807) is 25.1 Å². The monoisotopic (exact) mass is 464 g/mol. The standard InChI is InChI=1S/C21H18Cl2N2O6/c1-4-31-16-6-5-12(22)7-11(16)8-13-19(26)24-21(28)25(20(13)27)15-10-17(29-2)14(23)9-18(15)30-3/h5-10H,4H2,1-3H3,(H,24,26,28)/b13-8+. The Morgan fingerprint density at radius 3 is 2.35 bits per heavy atom. The van der Waals surface area contributed by atoms with Crippen LogP contribution in [0.25, 0.3) is 6.08 Å². The van der Waals surface area contributed by atoms with Crippen molar-refractivity contribution in [3.63, 3.8) is 0 Å². The van der Waals surface area contributed by atoms with Crippen LogP contribution in [0.2, 0.25) is 10.0 Å². The normalized spacial score (nSPS) is 15.2. The van der Waals surface area contributed by atoms with E-state index in [1.807, 2.05) is 0 Å². The minimum Gasteiger partial charge on any atom is -0.495 e. The minimum absolute atomic E-state index is 0.0563. The Kier molecular flexibility index (Phi) is 6.72. The van der Waals surface area contributed by atoms with Gasteiger partial charge in [0, 0.05) is 22.7 Å². The van der Waals surface area contributed by atoms with Crippen LogP contribution in [0.4, 0.5) is 10.5 Å². The molecule has 0 bridgehead atoms. The zero-order valence-corrected chi connectivity index (χ0v) is 18.3. The number of methoxy groups -OCH3 is 2. The van der Waals surface area contributed by atoms with Crippen molar-refractivity contribution < 1.29 is 28.6 Å². The first-order chi connectivity index (χ1) is 14.8. The van der Waals surface area contributed by atoms with E-state index in [0.29, 0.717) is 22.9 Å². The van der Waals surface area contributed by atoms with E-state index in [-0.39, 0.29) is 27.8 Å². The number of imide groups is 2. The number of rotatable bonds is 6. The van der Waals surface area contributed by atoms with Crippen LogP contribution in [0.5, 0.6) is 17.2 Å². The molecule has 3 rings (SSSR count). The Hall–Kier alpha value is -3.23. The number of carbonyl (C=O) groups is 3. The lowest BCUT2D eigenvalue weighted by Crippen LogP contribution is -2.54. The molecule has 4 amide bonds. The maximum absolute atomic E-state index is 13.2. The molecule has 1 fully saturated rings. The number of anilines is 1. The number of urea groups is 1. The van der Waals surface area contributed by atoms with Crippen LogP contribution in [-0.4, -0.2) is 38.7 Å². The lowest BCUT2D eigenvalue weighted by atomic mass is 10.1. The molecular weight excluding hydrogens is 447 g/mol. The van der Waals surface area contributed by atoms with E-state index in [9.17, 15) is 14.4 Å². The molecule has 1 heterocycles. The van der Waals surface area contributed by atoms with Crippen molar-refractivity contribution >= 4 is 52.8 Å². The van der Waals surface area contributed by atoms with Crippen molar-refractivity contribution in [2.45, 2.75) is 6.92 Å². The Bertz CT molecular complexity index is 1100. The molecule has 31 heavy (non-hydrogen) atoms. The maximum atomic E-state index is 13.2.